The minimum absolute atomic E-state index is 0.0264. The third-order valence-corrected chi connectivity index (χ3v) is 5.04. The van der Waals surface area contributed by atoms with E-state index in [1.807, 2.05) is 31.2 Å². The maximum atomic E-state index is 12.4. The van der Waals surface area contributed by atoms with Crippen LogP contribution >= 0.6 is 22.9 Å². The van der Waals surface area contributed by atoms with Crippen LogP contribution in [0.25, 0.3) is 0 Å². The molecule has 1 N–H and O–H groups in total. The lowest BCUT2D eigenvalue weighted by atomic mass is 10.1. The van der Waals surface area contributed by atoms with Crippen molar-refractivity contribution in [3.63, 3.8) is 0 Å². The van der Waals surface area contributed by atoms with E-state index >= 15 is 0 Å². The highest BCUT2D eigenvalue weighted by molar-refractivity contribution is 7.16. The number of anilines is 1. The van der Waals surface area contributed by atoms with Crippen LogP contribution in [0.4, 0.5) is 5.69 Å². The molecule has 2 aromatic rings. The molecular formula is C18H23ClN2OS. The van der Waals surface area contributed by atoms with Crippen LogP contribution in [0.15, 0.2) is 30.3 Å². The molecule has 0 atom stereocenters. The molecular weight excluding hydrogens is 328 g/mol. The number of rotatable bonds is 7. The molecule has 0 spiro atoms. The van der Waals surface area contributed by atoms with Crippen molar-refractivity contribution in [1.82, 2.24) is 4.90 Å². The highest BCUT2D eigenvalue weighted by Crippen LogP contribution is 2.23. The van der Waals surface area contributed by atoms with Crippen LogP contribution in [0.3, 0.4) is 0 Å². The Morgan fingerprint density at radius 1 is 1.26 bits per heavy atom. The van der Waals surface area contributed by atoms with Crippen LogP contribution in [-0.2, 0) is 17.8 Å². The van der Waals surface area contributed by atoms with E-state index in [0.29, 0.717) is 6.54 Å². The highest BCUT2D eigenvalue weighted by atomic mass is 35.5. The van der Waals surface area contributed by atoms with Crippen molar-refractivity contribution in [3.05, 3.63) is 50.7 Å². The maximum absolute atomic E-state index is 12.4. The molecule has 0 saturated carbocycles. The van der Waals surface area contributed by atoms with Crippen molar-refractivity contribution in [2.45, 2.75) is 33.7 Å². The Morgan fingerprint density at radius 2 is 2.04 bits per heavy atom. The number of thiophene rings is 1. The van der Waals surface area contributed by atoms with Crippen LogP contribution < -0.4 is 5.32 Å². The Labute approximate surface area is 147 Å². The van der Waals surface area contributed by atoms with Gasteiger partial charge in [-0.15, -0.1) is 11.3 Å². The molecule has 23 heavy (non-hydrogen) atoms. The SMILES string of the molecule is CCc1cccc(C)c1NC(=O)CN(CC)Cc1ccc(Cl)s1. The van der Waals surface area contributed by atoms with E-state index in [9.17, 15) is 4.79 Å². The van der Waals surface area contributed by atoms with Crippen LogP contribution in [0.2, 0.25) is 4.34 Å². The van der Waals surface area contributed by atoms with Crippen LogP contribution in [-0.4, -0.2) is 23.9 Å². The number of carbonyl (C=O) groups is 1. The molecule has 0 aliphatic carbocycles. The second kappa shape index (κ2) is 8.48. The summed E-state index contributed by atoms with van der Waals surface area (Å²) in [5.74, 6) is 0.0264. The maximum Gasteiger partial charge on any atom is 0.238 e. The fourth-order valence-electron chi connectivity index (χ4n) is 2.52. The molecule has 1 amide bonds. The Morgan fingerprint density at radius 3 is 2.65 bits per heavy atom. The minimum atomic E-state index is 0.0264. The van der Waals surface area contributed by atoms with Crippen molar-refractivity contribution >= 4 is 34.5 Å². The lowest BCUT2D eigenvalue weighted by molar-refractivity contribution is -0.117. The van der Waals surface area contributed by atoms with Gasteiger partial charge in [0, 0.05) is 17.1 Å². The van der Waals surface area contributed by atoms with E-state index in [-0.39, 0.29) is 5.91 Å². The third-order valence-electron chi connectivity index (χ3n) is 3.83. The first-order valence-corrected chi connectivity index (χ1v) is 9.07. The van der Waals surface area contributed by atoms with Crippen molar-refractivity contribution < 1.29 is 4.79 Å². The first-order valence-electron chi connectivity index (χ1n) is 7.88. The first kappa shape index (κ1) is 18.0. The predicted molar refractivity (Wildman–Crippen MR) is 99.5 cm³/mol. The van der Waals surface area contributed by atoms with Gasteiger partial charge in [0.15, 0.2) is 0 Å². The monoisotopic (exact) mass is 350 g/mol. The normalized spacial score (nSPS) is 11.0. The summed E-state index contributed by atoms with van der Waals surface area (Å²) < 4.78 is 0.785. The topological polar surface area (TPSA) is 32.3 Å². The van der Waals surface area contributed by atoms with Gasteiger partial charge in [-0.3, -0.25) is 9.69 Å². The summed E-state index contributed by atoms with van der Waals surface area (Å²) in [5, 5.41) is 3.08. The molecule has 0 bridgehead atoms. The number of nitrogens with one attached hydrogen (secondary N) is 1. The molecule has 0 unspecified atom stereocenters. The van der Waals surface area contributed by atoms with E-state index in [1.54, 1.807) is 11.3 Å². The minimum Gasteiger partial charge on any atom is -0.324 e. The lowest BCUT2D eigenvalue weighted by Gasteiger charge is -2.20. The van der Waals surface area contributed by atoms with E-state index in [4.69, 9.17) is 11.6 Å². The standard InChI is InChI=1S/C18H23ClN2OS/c1-4-14-8-6-7-13(3)18(14)20-17(22)12-21(5-2)11-15-9-10-16(19)23-15/h6-10H,4-5,11-12H2,1-3H3,(H,20,22). The van der Waals surface area contributed by atoms with E-state index in [1.165, 1.54) is 10.4 Å². The summed E-state index contributed by atoms with van der Waals surface area (Å²) in [5.41, 5.74) is 3.23. The van der Waals surface area contributed by atoms with Gasteiger partial charge in [-0.1, -0.05) is 43.6 Å². The molecule has 5 heteroatoms. The van der Waals surface area contributed by atoms with Gasteiger partial charge in [0.2, 0.25) is 5.91 Å². The zero-order chi connectivity index (χ0) is 16.8. The van der Waals surface area contributed by atoms with Gasteiger partial charge in [-0.05, 0) is 43.1 Å². The summed E-state index contributed by atoms with van der Waals surface area (Å²) in [4.78, 5) is 15.7. The van der Waals surface area contributed by atoms with Gasteiger partial charge < -0.3 is 5.32 Å². The van der Waals surface area contributed by atoms with Crippen molar-refractivity contribution in [1.29, 1.82) is 0 Å². The van der Waals surface area contributed by atoms with Crippen LogP contribution in [0, 0.1) is 6.92 Å². The number of hydrogen-bond donors (Lipinski definition) is 1. The van der Waals surface area contributed by atoms with Gasteiger partial charge >= 0.3 is 0 Å². The van der Waals surface area contributed by atoms with Crippen molar-refractivity contribution in [2.75, 3.05) is 18.4 Å². The summed E-state index contributed by atoms with van der Waals surface area (Å²) in [6.45, 7) is 8.13. The number of para-hydroxylation sites is 1. The average Bonchev–Trinajstić information content (AvgIpc) is 2.93. The Bertz CT molecular complexity index is 669. The Balaban J connectivity index is 2.00. The average molecular weight is 351 g/mol. The quantitative estimate of drug-likeness (QED) is 0.782. The number of benzene rings is 1. The second-order valence-electron chi connectivity index (χ2n) is 5.52. The summed E-state index contributed by atoms with van der Waals surface area (Å²) in [6.07, 6.45) is 0.905. The molecule has 0 saturated heterocycles. The molecule has 0 fully saturated rings. The van der Waals surface area contributed by atoms with Gasteiger partial charge in [0.25, 0.3) is 0 Å². The van der Waals surface area contributed by atoms with Gasteiger partial charge in [-0.2, -0.15) is 0 Å². The zero-order valence-corrected chi connectivity index (χ0v) is 15.4. The van der Waals surface area contributed by atoms with E-state index < -0.39 is 0 Å². The van der Waals surface area contributed by atoms with Gasteiger partial charge in [-0.25, -0.2) is 0 Å². The molecule has 1 aromatic heterocycles. The van der Waals surface area contributed by atoms with Gasteiger partial charge in [0.05, 0.1) is 10.9 Å². The predicted octanol–water partition coefficient (Wildman–Crippen LogP) is 4.73. The highest BCUT2D eigenvalue weighted by Gasteiger charge is 2.13. The summed E-state index contributed by atoms with van der Waals surface area (Å²) >= 11 is 7.53. The van der Waals surface area contributed by atoms with E-state index in [0.717, 1.165) is 35.1 Å². The fraction of sp³-hybridized carbons (Fsp3) is 0.389. The van der Waals surface area contributed by atoms with Crippen LogP contribution in [0.5, 0.6) is 0 Å². The number of aryl methyl sites for hydroxylation is 2. The molecule has 0 aliphatic rings. The lowest BCUT2D eigenvalue weighted by Crippen LogP contribution is -2.32. The summed E-state index contributed by atoms with van der Waals surface area (Å²) in [7, 11) is 0. The third kappa shape index (κ3) is 5.06. The van der Waals surface area contributed by atoms with E-state index in [2.05, 4.69) is 30.1 Å². The molecule has 3 nitrogen and oxygen atoms in total. The largest absolute Gasteiger partial charge is 0.324 e. The molecule has 0 radical (unpaired) electrons. The number of amides is 1. The molecule has 0 aliphatic heterocycles. The van der Waals surface area contributed by atoms with Crippen molar-refractivity contribution in [3.8, 4) is 0 Å². The zero-order valence-electron chi connectivity index (χ0n) is 13.9. The molecule has 2 rings (SSSR count). The fourth-order valence-corrected chi connectivity index (χ4v) is 3.65. The number of likely N-dealkylation sites (N-methyl/N-ethyl adjacent to an activating group) is 1. The number of hydrogen-bond acceptors (Lipinski definition) is 3. The van der Waals surface area contributed by atoms with Gasteiger partial charge in [0.1, 0.15) is 0 Å². The second-order valence-corrected chi connectivity index (χ2v) is 7.32. The summed E-state index contributed by atoms with van der Waals surface area (Å²) in [6, 6.07) is 10.0. The number of halogens is 1. The number of nitrogens with zero attached hydrogens (tertiary/aromatic N) is 1. The van der Waals surface area contributed by atoms with Crippen LogP contribution in [0.1, 0.15) is 29.9 Å². The Kier molecular flexibility index (Phi) is 6.63. The van der Waals surface area contributed by atoms with Crippen molar-refractivity contribution in [2.24, 2.45) is 0 Å². The molecule has 124 valence electrons. The first-order chi connectivity index (χ1) is 11.0. The molecule has 1 aromatic carbocycles. The number of carbonyl (C=O) groups excluding carboxylic acids is 1. The smallest absolute Gasteiger partial charge is 0.238 e. The molecule has 1 heterocycles. The Hall–Kier alpha value is -1.36.